The van der Waals surface area contributed by atoms with E-state index in [1.54, 1.807) is 11.5 Å². The van der Waals surface area contributed by atoms with Crippen LogP contribution < -0.4 is 30.6 Å². The minimum absolute atomic E-state index is 0.00000571. The highest BCUT2D eigenvalue weighted by atomic mass is 35.5. The van der Waals surface area contributed by atoms with Crippen LogP contribution in [0.25, 0.3) is 16.6 Å². The smallest absolute Gasteiger partial charge is 0.475 e. The van der Waals surface area contributed by atoms with Crippen LogP contribution in [0.15, 0.2) is 144 Å². The van der Waals surface area contributed by atoms with Crippen LogP contribution in [0.5, 0.6) is 11.6 Å². The molecule has 2 heterocycles. The van der Waals surface area contributed by atoms with Gasteiger partial charge in [0.2, 0.25) is 12.0 Å². The number of ether oxygens (including phenoxy) is 2. The number of phosphoric acid groups is 1. The van der Waals surface area contributed by atoms with E-state index in [9.17, 15) is 14.2 Å². The highest BCUT2D eigenvalue weighted by Crippen LogP contribution is 2.51. The molecule has 7 rings (SSSR count). The number of phosphoric ester groups is 1. The largest absolute Gasteiger partial charge is 0.491 e. The van der Waals surface area contributed by atoms with E-state index >= 15 is 0 Å². The van der Waals surface area contributed by atoms with E-state index in [0.717, 1.165) is 21.5 Å². The summed E-state index contributed by atoms with van der Waals surface area (Å²) in [6, 6.07) is 41.1. The number of hydrogen-bond acceptors (Lipinski definition) is 10. The molecule has 0 aliphatic carbocycles. The Hall–Kier alpha value is -5.31. The number of pyridine rings is 2. The van der Waals surface area contributed by atoms with Crippen molar-refractivity contribution in [3.63, 3.8) is 0 Å². The molecule has 353 valence electrons. The normalized spacial score (nSPS) is 12.3. The van der Waals surface area contributed by atoms with Gasteiger partial charge in [-0.25, -0.2) is 9.55 Å². The quantitative estimate of drug-likeness (QED) is 0.0447. The summed E-state index contributed by atoms with van der Waals surface area (Å²) < 4.78 is 51.4. The molecular formula is C51H50Cl3N3O9PSi. The van der Waals surface area contributed by atoms with Gasteiger partial charge in [0.15, 0.2) is 5.43 Å². The Balaban J connectivity index is 1.11. The van der Waals surface area contributed by atoms with Crippen LogP contribution in [0, 0.1) is 6.92 Å². The molecule has 68 heavy (non-hydrogen) atoms. The van der Waals surface area contributed by atoms with Crippen molar-refractivity contribution in [2.45, 2.75) is 52.4 Å². The van der Waals surface area contributed by atoms with Crippen molar-refractivity contribution < 1.29 is 36.8 Å². The number of halogens is 3. The van der Waals surface area contributed by atoms with Crippen molar-refractivity contribution in [3.8, 4) is 17.3 Å². The molecule has 0 aliphatic rings. The molecule has 1 atom stereocenters. The summed E-state index contributed by atoms with van der Waals surface area (Å²) in [4.78, 5) is 31.8. The Labute approximate surface area is 412 Å². The Morgan fingerprint density at radius 1 is 0.765 bits per heavy atom. The van der Waals surface area contributed by atoms with Crippen LogP contribution in [-0.4, -0.2) is 57.5 Å². The van der Waals surface area contributed by atoms with Gasteiger partial charge in [-0.3, -0.25) is 23.2 Å². The van der Waals surface area contributed by atoms with Crippen molar-refractivity contribution in [1.29, 1.82) is 0 Å². The van der Waals surface area contributed by atoms with Crippen LogP contribution in [0.4, 0.5) is 0 Å². The van der Waals surface area contributed by atoms with Crippen LogP contribution in [-0.2, 0) is 46.0 Å². The second-order valence-corrected chi connectivity index (χ2v) is 21.5. The van der Waals surface area contributed by atoms with E-state index in [2.05, 4.69) is 55.3 Å². The fourth-order valence-corrected chi connectivity index (χ4v) is 11.1. The lowest BCUT2D eigenvalue weighted by Crippen LogP contribution is -2.49. The summed E-state index contributed by atoms with van der Waals surface area (Å²) in [6.45, 7) is 7.75. The van der Waals surface area contributed by atoms with E-state index < -0.39 is 34.3 Å². The first-order valence-corrected chi connectivity index (χ1v) is 25.6. The number of benzene rings is 5. The second kappa shape index (κ2) is 22.9. The highest BCUT2D eigenvalue weighted by Gasteiger charge is 2.30. The Bertz CT molecular complexity index is 2870. The molecule has 0 saturated carbocycles. The SMILES string of the molecule is CNC(=O)[C@H](CO[Si](c1ccccc1)c1ccc(C(C)(C)C)cc1)Oc1ncc(Cl)c2c1c(=O)cc(C)n2-c1c(Cl)cc(OCCOP(=O)(OCc2ccccc2)OCc2ccccc2)cc1Cl. The van der Waals surface area contributed by atoms with Gasteiger partial charge in [0, 0.05) is 30.9 Å². The molecule has 1 amide bonds. The molecule has 0 aliphatic heterocycles. The van der Waals surface area contributed by atoms with Gasteiger partial charge in [-0.2, -0.15) is 0 Å². The van der Waals surface area contributed by atoms with Gasteiger partial charge in [0.25, 0.3) is 14.9 Å². The zero-order chi connectivity index (χ0) is 48.4. The number of nitrogens with one attached hydrogen (secondary N) is 1. The molecule has 0 saturated heterocycles. The lowest BCUT2D eigenvalue weighted by atomic mass is 9.87. The Morgan fingerprint density at radius 3 is 1.88 bits per heavy atom. The molecular weight excluding hydrogens is 964 g/mol. The first-order chi connectivity index (χ1) is 32.6. The van der Waals surface area contributed by atoms with Crippen molar-refractivity contribution in [2.24, 2.45) is 0 Å². The predicted molar refractivity (Wildman–Crippen MR) is 270 cm³/mol. The Morgan fingerprint density at radius 2 is 1.32 bits per heavy atom. The molecule has 0 bridgehead atoms. The van der Waals surface area contributed by atoms with Crippen molar-refractivity contribution in [2.75, 3.05) is 26.9 Å². The maximum absolute atomic E-state index is 13.9. The molecule has 1 radical (unpaired) electrons. The van der Waals surface area contributed by atoms with E-state index in [4.69, 9.17) is 62.3 Å². The van der Waals surface area contributed by atoms with Gasteiger partial charge in [-0.05, 0) is 39.4 Å². The van der Waals surface area contributed by atoms with Gasteiger partial charge in [0.05, 0.1) is 58.9 Å². The third-order valence-electron chi connectivity index (χ3n) is 10.6. The number of fused-ring (bicyclic) bond motifs is 1. The lowest BCUT2D eigenvalue weighted by Gasteiger charge is -2.24. The van der Waals surface area contributed by atoms with Gasteiger partial charge < -0.3 is 23.8 Å². The molecule has 7 aromatic rings. The van der Waals surface area contributed by atoms with E-state index in [-0.39, 0.29) is 81.7 Å². The number of nitrogens with zero attached hydrogens (tertiary/aromatic N) is 2. The number of aromatic nitrogens is 2. The van der Waals surface area contributed by atoms with Crippen LogP contribution in [0.3, 0.4) is 0 Å². The second-order valence-electron chi connectivity index (χ2n) is 16.6. The standard InChI is InChI=1S/C51H50Cl3N3O9PSi/c1-34-27-44(58)46-48(43(54)30-56-50(46)66-45(49(59)55-5)33-65-68(39-19-13-8-14-20-39)40-23-21-37(22-24-40)51(2,3)4)57(34)47-41(52)28-38(29-42(47)53)61-25-26-62-67(60,63-31-35-15-9-6-10-16-35)64-32-36-17-11-7-12-18-36/h6-24,27-30,45H,25-26,31-33H2,1-5H3,(H,55,59)/t45-/m0/s1. The summed E-state index contributed by atoms with van der Waals surface area (Å²) in [5, 5.41) is 4.97. The van der Waals surface area contributed by atoms with Crippen molar-refractivity contribution in [1.82, 2.24) is 14.9 Å². The number of carbonyl (C=O) groups excluding carboxylic acids is 1. The summed E-state index contributed by atoms with van der Waals surface area (Å²) in [7, 11) is -4.45. The molecule has 0 spiro atoms. The summed E-state index contributed by atoms with van der Waals surface area (Å²) in [5.41, 5.74) is 3.17. The fraction of sp³-hybridized carbons (Fsp3) is 0.235. The average Bonchev–Trinajstić information content (AvgIpc) is 3.33. The lowest BCUT2D eigenvalue weighted by molar-refractivity contribution is -0.128. The highest BCUT2D eigenvalue weighted by molar-refractivity contribution is 7.48. The number of amides is 1. The summed E-state index contributed by atoms with van der Waals surface area (Å²) >= 11 is 20.8. The molecule has 5 aromatic carbocycles. The maximum atomic E-state index is 13.9. The maximum Gasteiger partial charge on any atom is 0.475 e. The summed E-state index contributed by atoms with van der Waals surface area (Å²) in [5.74, 6) is -0.366. The average molecular weight is 1010 g/mol. The van der Waals surface area contributed by atoms with Crippen LogP contribution in [0.2, 0.25) is 15.1 Å². The summed E-state index contributed by atoms with van der Waals surface area (Å²) in [6.07, 6.45) is 0.105. The number of likely N-dealkylation sites (N-methyl/N-ethyl adjacent to an activating group) is 1. The molecule has 1 N–H and O–H groups in total. The van der Waals surface area contributed by atoms with Crippen LogP contribution in [0.1, 0.15) is 43.2 Å². The van der Waals surface area contributed by atoms with Gasteiger partial charge in [-0.15, -0.1) is 0 Å². The number of rotatable bonds is 20. The minimum Gasteiger partial charge on any atom is -0.491 e. The van der Waals surface area contributed by atoms with Crippen LogP contribution >= 0.6 is 42.6 Å². The molecule has 12 nitrogen and oxygen atoms in total. The predicted octanol–water partition coefficient (Wildman–Crippen LogP) is 10.2. The Kier molecular flexibility index (Phi) is 17.0. The van der Waals surface area contributed by atoms with Gasteiger partial charge in [0.1, 0.15) is 17.7 Å². The van der Waals surface area contributed by atoms with Gasteiger partial charge in [-0.1, -0.05) is 171 Å². The zero-order valence-electron chi connectivity index (χ0n) is 38.0. The third-order valence-corrected chi connectivity index (χ3v) is 15.0. The zero-order valence-corrected chi connectivity index (χ0v) is 42.2. The number of carbonyl (C=O) groups is 1. The minimum atomic E-state index is -4.05. The number of aryl methyl sites for hydroxylation is 1. The molecule has 0 fully saturated rings. The van der Waals surface area contributed by atoms with Crippen molar-refractivity contribution >= 4 is 78.8 Å². The topological polar surface area (TPSA) is 136 Å². The molecule has 17 heteroatoms. The van der Waals surface area contributed by atoms with E-state index in [1.807, 2.05) is 91.0 Å². The van der Waals surface area contributed by atoms with Crippen molar-refractivity contribution in [3.05, 3.63) is 187 Å². The molecule has 0 unspecified atom stereocenters. The number of hydrogen-bond donors (Lipinski definition) is 1. The first kappa shape index (κ1) is 50.6. The molecule has 2 aromatic heterocycles. The van der Waals surface area contributed by atoms with Gasteiger partial charge >= 0.3 is 7.82 Å². The fourth-order valence-electron chi connectivity index (χ4n) is 7.16. The third kappa shape index (κ3) is 12.7. The van der Waals surface area contributed by atoms with E-state index in [0.29, 0.717) is 5.69 Å². The monoisotopic (exact) mass is 1010 g/mol. The van der Waals surface area contributed by atoms with E-state index in [1.165, 1.54) is 37.0 Å². The first-order valence-electron chi connectivity index (χ1n) is 21.6.